The Balaban J connectivity index is 2.48. The third kappa shape index (κ3) is 2.26. The molecule has 3 heteroatoms. The Morgan fingerprint density at radius 2 is 2.12 bits per heavy atom. The summed E-state index contributed by atoms with van der Waals surface area (Å²) >= 11 is 0. The highest BCUT2D eigenvalue weighted by Gasteiger charge is 2.07. The molecule has 0 atom stereocenters. The lowest BCUT2D eigenvalue weighted by Gasteiger charge is -2.06. The van der Waals surface area contributed by atoms with Crippen molar-refractivity contribution in [2.24, 2.45) is 0 Å². The molecule has 0 bridgehead atoms. The summed E-state index contributed by atoms with van der Waals surface area (Å²) in [5.74, 6) is 2.69. The maximum atomic E-state index is 13.7. The number of hydrogen-bond acceptors (Lipinski definition) is 2. The van der Waals surface area contributed by atoms with E-state index in [1.165, 1.54) is 13.2 Å². The SMILES string of the molecule is C#Cc1ccc(-c2cc(OC)ccc2F)cn1. The molecule has 1 aromatic carbocycles. The molecule has 0 aliphatic heterocycles. The van der Waals surface area contributed by atoms with Crippen LogP contribution in [0, 0.1) is 18.2 Å². The summed E-state index contributed by atoms with van der Waals surface area (Å²) < 4.78 is 18.7. The summed E-state index contributed by atoms with van der Waals surface area (Å²) in [7, 11) is 1.54. The minimum Gasteiger partial charge on any atom is -0.497 e. The molecule has 0 spiro atoms. The number of nitrogens with zero attached hydrogens (tertiary/aromatic N) is 1. The first kappa shape index (κ1) is 11.2. The molecule has 0 amide bonds. The molecule has 1 aromatic heterocycles. The van der Waals surface area contributed by atoms with Gasteiger partial charge in [0.05, 0.1) is 7.11 Å². The Kier molecular flexibility index (Phi) is 3.06. The molecule has 2 aromatic rings. The minimum absolute atomic E-state index is 0.318. The van der Waals surface area contributed by atoms with E-state index in [-0.39, 0.29) is 5.82 Å². The second-order valence-electron chi connectivity index (χ2n) is 3.42. The molecule has 0 unspecified atom stereocenters. The predicted octanol–water partition coefficient (Wildman–Crippen LogP) is 2.88. The van der Waals surface area contributed by atoms with Crippen LogP contribution in [0.2, 0.25) is 0 Å². The highest BCUT2D eigenvalue weighted by atomic mass is 19.1. The number of pyridine rings is 1. The normalized spacial score (nSPS) is 9.71. The fourth-order valence-corrected chi connectivity index (χ4v) is 1.49. The van der Waals surface area contributed by atoms with Crippen molar-refractivity contribution < 1.29 is 9.13 Å². The van der Waals surface area contributed by atoms with E-state index in [1.807, 2.05) is 0 Å². The van der Waals surface area contributed by atoms with E-state index < -0.39 is 0 Å². The lowest BCUT2D eigenvalue weighted by Crippen LogP contribution is -1.90. The molecule has 0 saturated carbocycles. The second kappa shape index (κ2) is 4.67. The van der Waals surface area contributed by atoms with E-state index in [4.69, 9.17) is 11.2 Å². The van der Waals surface area contributed by atoms with Crippen molar-refractivity contribution in [2.75, 3.05) is 7.11 Å². The molecule has 0 fully saturated rings. The first-order valence-electron chi connectivity index (χ1n) is 5.01. The molecular weight excluding hydrogens is 217 g/mol. The number of benzene rings is 1. The van der Waals surface area contributed by atoms with Crippen LogP contribution < -0.4 is 4.74 Å². The van der Waals surface area contributed by atoms with E-state index >= 15 is 0 Å². The van der Waals surface area contributed by atoms with Crippen LogP contribution in [0.15, 0.2) is 36.5 Å². The third-order valence-corrected chi connectivity index (χ3v) is 2.40. The topological polar surface area (TPSA) is 22.1 Å². The van der Waals surface area contributed by atoms with Gasteiger partial charge in [0.15, 0.2) is 0 Å². The lowest BCUT2D eigenvalue weighted by atomic mass is 10.1. The monoisotopic (exact) mass is 227 g/mol. The van der Waals surface area contributed by atoms with Crippen molar-refractivity contribution >= 4 is 0 Å². The van der Waals surface area contributed by atoms with E-state index in [0.29, 0.717) is 22.6 Å². The van der Waals surface area contributed by atoms with Crippen LogP contribution in [0.1, 0.15) is 5.69 Å². The van der Waals surface area contributed by atoms with Crippen LogP contribution in [0.4, 0.5) is 4.39 Å². The van der Waals surface area contributed by atoms with E-state index in [0.717, 1.165) is 0 Å². The molecule has 0 saturated heterocycles. The first-order chi connectivity index (χ1) is 8.24. The fraction of sp³-hybridized carbons (Fsp3) is 0.0714. The molecule has 2 rings (SSSR count). The van der Waals surface area contributed by atoms with Gasteiger partial charge in [-0.3, -0.25) is 0 Å². The van der Waals surface area contributed by atoms with Crippen molar-refractivity contribution in [3.8, 4) is 29.2 Å². The van der Waals surface area contributed by atoms with Crippen molar-refractivity contribution in [3.05, 3.63) is 48.0 Å². The van der Waals surface area contributed by atoms with Gasteiger partial charge in [0, 0.05) is 17.3 Å². The van der Waals surface area contributed by atoms with Gasteiger partial charge in [0.25, 0.3) is 0 Å². The van der Waals surface area contributed by atoms with Crippen LogP contribution in [-0.2, 0) is 0 Å². The largest absolute Gasteiger partial charge is 0.497 e. The van der Waals surface area contributed by atoms with Gasteiger partial charge in [-0.05, 0) is 30.3 Å². The summed E-state index contributed by atoms with van der Waals surface area (Å²) in [4.78, 5) is 4.03. The number of methoxy groups -OCH3 is 1. The van der Waals surface area contributed by atoms with Gasteiger partial charge in [-0.1, -0.05) is 5.92 Å². The summed E-state index contributed by atoms with van der Waals surface area (Å²) in [6.07, 6.45) is 6.76. The molecule has 17 heavy (non-hydrogen) atoms. The van der Waals surface area contributed by atoms with Gasteiger partial charge in [-0.2, -0.15) is 0 Å². The molecule has 0 N–H and O–H groups in total. The number of rotatable bonds is 2. The van der Waals surface area contributed by atoms with E-state index in [2.05, 4.69) is 10.9 Å². The van der Waals surface area contributed by atoms with Crippen LogP contribution >= 0.6 is 0 Å². The zero-order valence-corrected chi connectivity index (χ0v) is 9.27. The molecule has 0 aliphatic rings. The van der Waals surface area contributed by atoms with Crippen LogP contribution in [0.25, 0.3) is 11.1 Å². The van der Waals surface area contributed by atoms with Gasteiger partial charge in [0.1, 0.15) is 17.3 Å². The Morgan fingerprint density at radius 1 is 1.29 bits per heavy atom. The maximum absolute atomic E-state index is 13.7. The molecule has 84 valence electrons. The standard InChI is InChI=1S/C14H10FNO/c1-3-11-5-4-10(9-16-11)13-8-12(17-2)6-7-14(13)15/h1,4-9H,2H3. The first-order valence-corrected chi connectivity index (χ1v) is 5.01. The lowest BCUT2D eigenvalue weighted by molar-refractivity contribution is 0.414. The quantitative estimate of drug-likeness (QED) is 0.736. The van der Waals surface area contributed by atoms with Crippen molar-refractivity contribution in [3.63, 3.8) is 0 Å². The predicted molar refractivity (Wildman–Crippen MR) is 64.1 cm³/mol. The van der Waals surface area contributed by atoms with Crippen LogP contribution in [0.3, 0.4) is 0 Å². The highest BCUT2D eigenvalue weighted by molar-refractivity contribution is 5.65. The Hall–Kier alpha value is -2.34. The average Bonchev–Trinajstić information content (AvgIpc) is 2.39. The van der Waals surface area contributed by atoms with Gasteiger partial charge >= 0.3 is 0 Å². The van der Waals surface area contributed by atoms with Crippen molar-refractivity contribution in [2.45, 2.75) is 0 Å². The van der Waals surface area contributed by atoms with Gasteiger partial charge in [0.2, 0.25) is 0 Å². The van der Waals surface area contributed by atoms with E-state index in [9.17, 15) is 4.39 Å². The van der Waals surface area contributed by atoms with Crippen LogP contribution in [0.5, 0.6) is 5.75 Å². The molecular formula is C14H10FNO. The van der Waals surface area contributed by atoms with Gasteiger partial charge in [-0.25, -0.2) is 9.37 Å². The number of terminal acetylenes is 1. The summed E-state index contributed by atoms with van der Waals surface area (Å²) in [5.41, 5.74) is 1.64. The van der Waals surface area contributed by atoms with Crippen molar-refractivity contribution in [1.29, 1.82) is 0 Å². The highest BCUT2D eigenvalue weighted by Crippen LogP contribution is 2.26. The number of halogens is 1. The molecule has 0 aliphatic carbocycles. The van der Waals surface area contributed by atoms with E-state index in [1.54, 1.807) is 30.5 Å². The second-order valence-corrected chi connectivity index (χ2v) is 3.42. The Bertz CT molecular complexity index is 570. The van der Waals surface area contributed by atoms with Crippen LogP contribution in [-0.4, -0.2) is 12.1 Å². The number of aromatic nitrogens is 1. The van der Waals surface area contributed by atoms with Gasteiger partial charge in [-0.15, -0.1) is 6.42 Å². The molecule has 1 heterocycles. The zero-order chi connectivity index (χ0) is 12.3. The average molecular weight is 227 g/mol. The maximum Gasteiger partial charge on any atom is 0.131 e. The van der Waals surface area contributed by atoms with Gasteiger partial charge < -0.3 is 4.74 Å². The molecule has 2 nitrogen and oxygen atoms in total. The minimum atomic E-state index is -0.318. The zero-order valence-electron chi connectivity index (χ0n) is 9.27. The summed E-state index contributed by atoms with van der Waals surface area (Å²) in [6.45, 7) is 0. The fourth-order valence-electron chi connectivity index (χ4n) is 1.49. The summed E-state index contributed by atoms with van der Waals surface area (Å²) in [5, 5.41) is 0. The summed E-state index contributed by atoms with van der Waals surface area (Å²) in [6, 6.07) is 7.97. The number of ether oxygens (including phenoxy) is 1. The third-order valence-electron chi connectivity index (χ3n) is 2.40. The molecule has 0 radical (unpaired) electrons. The Labute approximate surface area is 99.1 Å². The number of hydrogen-bond donors (Lipinski definition) is 0. The van der Waals surface area contributed by atoms with Crippen molar-refractivity contribution in [1.82, 2.24) is 4.98 Å². The smallest absolute Gasteiger partial charge is 0.131 e. The Morgan fingerprint density at radius 3 is 2.71 bits per heavy atom.